The molecule has 0 aromatic heterocycles. The van der Waals surface area contributed by atoms with Gasteiger partial charge in [0.15, 0.2) is 0 Å². The molecule has 0 bridgehead atoms. The van der Waals surface area contributed by atoms with E-state index in [-0.39, 0.29) is 5.91 Å². The van der Waals surface area contributed by atoms with Crippen molar-refractivity contribution < 1.29 is 4.79 Å². The van der Waals surface area contributed by atoms with Gasteiger partial charge in [-0.05, 0) is 49.9 Å². The molecule has 1 heterocycles. The highest BCUT2D eigenvalue weighted by atomic mass is 16.1. The van der Waals surface area contributed by atoms with Gasteiger partial charge in [0.2, 0.25) is 0 Å². The zero-order valence-electron chi connectivity index (χ0n) is 11.3. The molecule has 3 heteroatoms. The Morgan fingerprint density at radius 3 is 2.67 bits per heavy atom. The molecule has 1 fully saturated rings. The van der Waals surface area contributed by atoms with Crippen molar-refractivity contribution >= 4 is 11.6 Å². The Balaban J connectivity index is 2.11. The van der Waals surface area contributed by atoms with Crippen LogP contribution in [0.4, 0.5) is 5.69 Å². The number of carbonyl (C=O) groups excluding carboxylic acids is 1. The average molecular weight is 246 g/mol. The first kappa shape index (κ1) is 12.9. The number of nitrogens with zero attached hydrogens (tertiary/aromatic N) is 1. The number of rotatable bonds is 4. The molecule has 0 saturated carbocycles. The van der Waals surface area contributed by atoms with Crippen LogP contribution >= 0.6 is 0 Å². The van der Waals surface area contributed by atoms with E-state index in [4.69, 9.17) is 0 Å². The van der Waals surface area contributed by atoms with Crippen LogP contribution in [0.2, 0.25) is 0 Å². The van der Waals surface area contributed by atoms with Crippen molar-refractivity contribution in [1.29, 1.82) is 0 Å². The second-order valence-corrected chi connectivity index (χ2v) is 4.95. The Kier molecular flexibility index (Phi) is 4.24. The Labute approximate surface area is 109 Å². The summed E-state index contributed by atoms with van der Waals surface area (Å²) in [6, 6.07) is 6.02. The monoisotopic (exact) mass is 246 g/mol. The van der Waals surface area contributed by atoms with Gasteiger partial charge in [-0.2, -0.15) is 0 Å². The molecule has 98 valence electrons. The summed E-state index contributed by atoms with van der Waals surface area (Å²) in [5, 5.41) is 2.91. The smallest absolute Gasteiger partial charge is 0.251 e. The molecular formula is C15H22N2O. The molecule has 0 atom stereocenters. The molecule has 3 nitrogen and oxygen atoms in total. The normalized spacial score (nSPS) is 14.9. The van der Waals surface area contributed by atoms with E-state index >= 15 is 0 Å². The van der Waals surface area contributed by atoms with Crippen molar-refractivity contribution in [2.24, 2.45) is 0 Å². The predicted molar refractivity (Wildman–Crippen MR) is 75.3 cm³/mol. The minimum atomic E-state index is 0.0351. The highest BCUT2D eigenvalue weighted by molar-refractivity contribution is 5.94. The Morgan fingerprint density at radius 2 is 2.06 bits per heavy atom. The van der Waals surface area contributed by atoms with Crippen LogP contribution in [0.5, 0.6) is 0 Å². The van der Waals surface area contributed by atoms with Gasteiger partial charge >= 0.3 is 0 Å². The van der Waals surface area contributed by atoms with Gasteiger partial charge in [-0.25, -0.2) is 0 Å². The van der Waals surface area contributed by atoms with Crippen molar-refractivity contribution in [2.75, 3.05) is 24.5 Å². The lowest BCUT2D eigenvalue weighted by Crippen LogP contribution is -2.24. The highest BCUT2D eigenvalue weighted by Gasteiger charge is 2.15. The lowest BCUT2D eigenvalue weighted by Gasteiger charge is -2.20. The summed E-state index contributed by atoms with van der Waals surface area (Å²) in [5.74, 6) is 0.0351. The van der Waals surface area contributed by atoms with Gasteiger partial charge in [0.05, 0.1) is 0 Å². The summed E-state index contributed by atoms with van der Waals surface area (Å²) in [7, 11) is 0. The van der Waals surface area contributed by atoms with E-state index < -0.39 is 0 Å². The molecular weight excluding hydrogens is 224 g/mol. The van der Waals surface area contributed by atoms with Crippen molar-refractivity contribution in [3.05, 3.63) is 29.3 Å². The lowest BCUT2D eigenvalue weighted by atomic mass is 10.1. The average Bonchev–Trinajstić information content (AvgIpc) is 2.89. The second kappa shape index (κ2) is 5.89. The van der Waals surface area contributed by atoms with Crippen molar-refractivity contribution in [3.63, 3.8) is 0 Å². The summed E-state index contributed by atoms with van der Waals surface area (Å²) in [6.45, 7) is 7.17. The molecule has 0 aliphatic carbocycles. The number of nitrogens with one attached hydrogen (secondary N) is 1. The molecule has 0 spiro atoms. The van der Waals surface area contributed by atoms with Gasteiger partial charge in [0.25, 0.3) is 5.91 Å². The maximum Gasteiger partial charge on any atom is 0.251 e. The molecule has 0 unspecified atom stereocenters. The van der Waals surface area contributed by atoms with E-state index in [2.05, 4.69) is 30.1 Å². The second-order valence-electron chi connectivity index (χ2n) is 4.95. The van der Waals surface area contributed by atoms with E-state index in [0.717, 1.165) is 31.6 Å². The number of hydrogen-bond donors (Lipinski definition) is 1. The quantitative estimate of drug-likeness (QED) is 0.886. The van der Waals surface area contributed by atoms with Gasteiger partial charge in [-0.3, -0.25) is 4.79 Å². The third-order valence-corrected chi connectivity index (χ3v) is 3.44. The SMILES string of the molecule is CCCNC(=O)c1ccc(N2CCCC2)c(C)c1. The number of benzene rings is 1. The topological polar surface area (TPSA) is 32.3 Å². The molecule has 2 rings (SSSR count). The Hall–Kier alpha value is -1.51. The number of anilines is 1. The minimum Gasteiger partial charge on any atom is -0.371 e. The number of amides is 1. The number of aryl methyl sites for hydroxylation is 1. The third kappa shape index (κ3) is 2.84. The lowest BCUT2D eigenvalue weighted by molar-refractivity contribution is 0.0953. The number of carbonyl (C=O) groups is 1. The first-order valence-electron chi connectivity index (χ1n) is 6.86. The molecule has 1 N–H and O–H groups in total. The maximum atomic E-state index is 11.9. The van der Waals surface area contributed by atoms with E-state index in [1.54, 1.807) is 0 Å². The third-order valence-electron chi connectivity index (χ3n) is 3.44. The molecule has 1 amide bonds. The van der Waals surface area contributed by atoms with Crippen LogP contribution in [0.15, 0.2) is 18.2 Å². The summed E-state index contributed by atoms with van der Waals surface area (Å²) < 4.78 is 0. The molecule has 1 aromatic rings. The standard InChI is InChI=1S/C15H22N2O/c1-3-8-16-15(18)13-6-7-14(12(2)11-13)17-9-4-5-10-17/h6-7,11H,3-5,8-10H2,1-2H3,(H,16,18). The summed E-state index contributed by atoms with van der Waals surface area (Å²) >= 11 is 0. The van der Waals surface area contributed by atoms with Crippen LogP contribution in [0.25, 0.3) is 0 Å². The Bertz CT molecular complexity index is 423. The van der Waals surface area contributed by atoms with E-state index in [1.807, 2.05) is 12.1 Å². The van der Waals surface area contributed by atoms with Gasteiger partial charge < -0.3 is 10.2 Å². The molecule has 1 aliphatic rings. The fourth-order valence-electron chi connectivity index (χ4n) is 2.45. The van der Waals surface area contributed by atoms with Crippen LogP contribution < -0.4 is 10.2 Å². The molecule has 1 saturated heterocycles. The van der Waals surface area contributed by atoms with Crippen molar-refractivity contribution in [2.45, 2.75) is 33.1 Å². The molecule has 0 radical (unpaired) electrons. The first-order valence-corrected chi connectivity index (χ1v) is 6.86. The van der Waals surface area contributed by atoms with Gasteiger partial charge in [-0.15, -0.1) is 0 Å². The largest absolute Gasteiger partial charge is 0.371 e. The van der Waals surface area contributed by atoms with E-state index in [0.29, 0.717) is 0 Å². The Morgan fingerprint density at radius 1 is 1.33 bits per heavy atom. The summed E-state index contributed by atoms with van der Waals surface area (Å²) in [4.78, 5) is 14.3. The van der Waals surface area contributed by atoms with Crippen LogP contribution in [0, 0.1) is 6.92 Å². The molecule has 1 aliphatic heterocycles. The van der Waals surface area contributed by atoms with Crippen LogP contribution in [0.1, 0.15) is 42.1 Å². The van der Waals surface area contributed by atoms with Crippen molar-refractivity contribution in [3.8, 4) is 0 Å². The fraction of sp³-hybridized carbons (Fsp3) is 0.533. The fourth-order valence-corrected chi connectivity index (χ4v) is 2.45. The summed E-state index contributed by atoms with van der Waals surface area (Å²) in [6.07, 6.45) is 3.52. The predicted octanol–water partition coefficient (Wildman–Crippen LogP) is 2.74. The molecule has 18 heavy (non-hydrogen) atoms. The molecule has 1 aromatic carbocycles. The van der Waals surface area contributed by atoms with Crippen molar-refractivity contribution in [1.82, 2.24) is 5.32 Å². The van der Waals surface area contributed by atoms with Gasteiger partial charge in [-0.1, -0.05) is 6.92 Å². The van der Waals surface area contributed by atoms with Crippen LogP contribution in [-0.2, 0) is 0 Å². The van der Waals surface area contributed by atoms with Gasteiger partial charge in [0, 0.05) is 30.9 Å². The zero-order chi connectivity index (χ0) is 13.0. The summed E-state index contributed by atoms with van der Waals surface area (Å²) in [5.41, 5.74) is 3.24. The maximum absolute atomic E-state index is 11.9. The zero-order valence-corrected chi connectivity index (χ0v) is 11.3. The first-order chi connectivity index (χ1) is 8.72. The number of hydrogen-bond acceptors (Lipinski definition) is 2. The minimum absolute atomic E-state index is 0.0351. The van der Waals surface area contributed by atoms with Crippen LogP contribution in [0.3, 0.4) is 0 Å². The van der Waals surface area contributed by atoms with E-state index in [9.17, 15) is 4.79 Å². The van der Waals surface area contributed by atoms with E-state index in [1.165, 1.54) is 24.1 Å². The van der Waals surface area contributed by atoms with Gasteiger partial charge in [0.1, 0.15) is 0 Å². The highest BCUT2D eigenvalue weighted by Crippen LogP contribution is 2.24. The van der Waals surface area contributed by atoms with Crippen LogP contribution in [-0.4, -0.2) is 25.5 Å².